The highest BCUT2D eigenvalue weighted by Crippen LogP contribution is 2.37. The Balaban J connectivity index is 1.97. The van der Waals surface area contributed by atoms with E-state index in [1.165, 1.54) is 43.1 Å². The first kappa shape index (κ1) is 22.9. The zero-order chi connectivity index (χ0) is 24.6. The first-order chi connectivity index (χ1) is 16.1. The van der Waals surface area contributed by atoms with Crippen molar-refractivity contribution in [3.8, 4) is 28.8 Å². The molecule has 174 valence electrons. The van der Waals surface area contributed by atoms with E-state index in [4.69, 9.17) is 4.74 Å². The van der Waals surface area contributed by atoms with Crippen molar-refractivity contribution in [2.24, 2.45) is 7.05 Å². The van der Waals surface area contributed by atoms with Crippen LogP contribution >= 0.6 is 0 Å². The molecule has 0 radical (unpaired) electrons. The molecule has 9 nitrogen and oxygen atoms in total. The lowest BCUT2D eigenvalue weighted by atomic mass is 10.1. The van der Waals surface area contributed by atoms with Gasteiger partial charge < -0.3 is 14.3 Å². The standard InChI is InChI=1S/C22H17F2N5O4S/c1-3-34(31,32)28-14-8-15(21(26-10-14)33-19-5-4-12(23)6-18(19)24)17-11-29(2)22(30)16-7-13(9-25)27-20(16)17/h4-8,10-11,27-28H,3H2,1-2H3. The van der Waals surface area contributed by atoms with Gasteiger partial charge >= 0.3 is 0 Å². The lowest BCUT2D eigenvalue weighted by Crippen LogP contribution is -2.16. The third-order valence-corrected chi connectivity index (χ3v) is 6.28. The van der Waals surface area contributed by atoms with Crippen LogP contribution in [0.5, 0.6) is 11.6 Å². The summed E-state index contributed by atoms with van der Waals surface area (Å²) in [4.78, 5) is 19.6. The summed E-state index contributed by atoms with van der Waals surface area (Å²) >= 11 is 0. The van der Waals surface area contributed by atoms with Crippen molar-refractivity contribution in [1.29, 1.82) is 5.26 Å². The summed E-state index contributed by atoms with van der Waals surface area (Å²) in [6, 6.07) is 7.47. The molecule has 0 saturated heterocycles. The van der Waals surface area contributed by atoms with E-state index >= 15 is 0 Å². The van der Waals surface area contributed by atoms with Gasteiger partial charge in [0.2, 0.25) is 15.9 Å². The van der Waals surface area contributed by atoms with Crippen molar-refractivity contribution in [1.82, 2.24) is 14.5 Å². The fourth-order valence-electron chi connectivity index (χ4n) is 3.30. The number of nitrogens with zero attached hydrogens (tertiary/aromatic N) is 3. The van der Waals surface area contributed by atoms with E-state index in [1.807, 2.05) is 6.07 Å². The van der Waals surface area contributed by atoms with Gasteiger partial charge in [-0.2, -0.15) is 5.26 Å². The molecule has 4 rings (SSSR count). The van der Waals surface area contributed by atoms with E-state index in [0.717, 1.165) is 12.1 Å². The number of aryl methyl sites for hydroxylation is 1. The molecule has 0 bridgehead atoms. The van der Waals surface area contributed by atoms with Gasteiger partial charge in [-0.25, -0.2) is 22.2 Å². The lowest BCUT2D eigenvalue weighted by molar-refractivity contribution is 0.425. The van der Waals surface area contributed by atoms with Crippen LogP contribution in [-0.4, -0.2) is 28.7 Å². The molecule has 0 spiro atoms. The Labute approximate surface area is 192 Å². The second-order valence-corrected chi connectivity index (χ2v) is 9.31. The number of aromatic amines is 1. The highest BCUT2D eigenvalue weighted by atomic mass is 32.2. The fraction of sp³-hybridized carbons (Fsp3) is 0.136. The number of sulfonamides is 1. The Kier molecular flexibility index (Phi) is 5.80. The summed E-state index contributed by atoms with van der Waals surface area (Å²) in [5, 5.41) is 9.49. The van der Waals surface area contributed by atoms with Gasteiger partial charge in [0.15, 0.2) is 11.6 Å². The fourth-order valence-corrected chi connectivity index (χ4v) is 3.92. The largest absolute Gasteiger partial charge is 0.435 e. The first-order valence-corrected chi connectivity index (χ1v) is 11.5. The minimum Gasteiger partial charge on any atom is -0.435 e. The molecular formula is C22H17F2N5O4S. The van der Waals surface area contributed by atoms with Crippen LogP contribution in [-0.2, 0) is 17.1 Å². The van der Waals surface area contributed by atoms with Crippen molar-refractivity contribution in [3.05, 3.63) is 70.4 Å². The summed E-state index contributed by atoms with van der Waals surface area (Å²) in [6.07, 6.45) is 2.63. The summed E-state index contributed by atoms with van der Waals surface area (Å²) in [7, 11) is -2.15. The van der Waals surface area contributed by atoms with E-state index in [1.54, 1.807) is 0 Å². The average molecular weight is 485 g/mol. The number of hydrogen-bond acceptors (Lipinski definition) is 6. The molecule has 3 heterocycles. The van der Waals surface area contributed by atoms with E-state index in [0.29, 0.717) is 11.6 Å². The summed E-state index contributed by atoms with van der Waals surface area (Å²) < 4.78 is 61.0. The normalized spacial score (nSPS) is 11.4. The average Bonchev–Trinajstić information content (AvgIpc) is 3.24. The Morgan fingerprint density at radius 1 is 1.24 bits per heavy atom. The Bertz CT molecular complexity index is 1640. The highest BCUT2D eigenvalue weighted by Gasteiger charge is 2.20. The maximum Gasteiger partial charge on any atom is 0.259 e. The number of fused-ring (bicyclic) bond motifs is 1. The van der Waals surface area contributed by atoms with E-state index in [9.17, 15) is 27.3 Å². The molecule has 0 aliphatic heterocycles. The minimum atomic E-state index is -3.65. The van der Waals surface area contributed by atoms with Crippen LogP contribution in [0, 0.1) is 23.0 Å². The molecule has 0 aliphatic rings. The quantitative estimate of drug-likeness (QED) is 0.429. The van der Waals surface area contributed by atoms with E-state index < -0.39 is 21.7 Å². The topological polar surface area (TPSA) is 130 Å². The number of H-pyrrole nitrogens is 1. The highest BCUT2D eigenvalue weighted by molar-refractivity contribution is 7.92. The Morgan fingerprint density at radius 3 is 2.68 bits per heavy atom. The molecule has 34 heavy (non-hydrogen) atoms. The third kappa shape index (κ3) is 4.33. The summed E-state index contributed by atoms with van der Waals surface area (Å²) in [5.74, 6) is -2.41. The van der Waals surface area contributed by atoms with Crippen LogP contribution < -0.4 is 15.0 Å². The molecule has 0 aliphatic carbocycles. The molecule has 2 N–H and O–H groups in total. The van der Waals surface area contributed by atoms with Gasteiger partial charge in [0.05, 0.1) is 34.1 Å². The molecule has 0 atom stereocenters. The monoisotopic (exact) mass is 485 g/mol. The van der Waals surface area contributed by atoms with Crippen LogP contribution in [0.3, 0.4) is 0 Å². The minimum absolute atomic E-state index is 0.0952. The summed E-state index contributed by atoms with van der Waals surface area (Å²) in [5.41, 5.74) is 0.647. The van der Waals surface area contributed by atoms with Gasteiger partial charge in [-0.15, -0.1) is 0 Å². The number of aromatic nitrogens is 3. The van der Waals surface area contributed by atoms with Crippen molar-refractivity contribution in [2.75, 3.05) is 10.5 Å². The molecule has 0 saturated carbocycles. The van der Waals surface area contributed by atoms with Crippen LogP contribution in [0.2, 0.25) is 0 Å². The predicted octanol–water partition coefficient (Wildman–Crippen LogP) is 3.63. The number of ether oxygens (including phenoxy) is 1. The maximum absolute atomic E-state index is 14.3. The number of anilines is 1. The van der Waals surface area contributed by atoms with Crippen molar-refractivity contribution < 1.29 is 21.9 Å². The number of halogens is 2. The van der Waals surface area contributed by atoms with Crippen molar-refractivity contribution in [2.45, 2.75) is 6.92 Å². The van der Waals surface area contributed by atoms with Crippen molar-refractivity contribution in [3.63, 3.8) is 0 Å². The molecule has 4 aromatic rings. The van der Waals surface area contributed by atoms with Gasteiger partial charge in [0.25, 0.3) is 5.56 Å². The number of rotatable bonds is 6. The molecule has 0 fully saturated rings. The molecule has 1 aromatic carbocycles. The molecule has 12 heteroatoms. The molecule has 0 amide bonds. The van der Waals surface area contributed by atoms with Gasteiger partial charge in [0, 0.05) is 24.9 Å². The van der Waals surface area contributed by atoms with Crippen LogP contribution in [0.15, 0.2) is 47.5 Å². The van der Waals surface area contributed by atoms with Gasteiger partial charge in [0.1, 0.15) is 17.6 Å². The van der Waals surface area contributed by atoms with E-state index in [2.05, 4.69) is 14.7 Å². The Hall–Kier alpha value is -4.24. The second kappa shape index (κ2) is 8.60. The number of pyridine rings is 2. The number of benzene rings is 1. The molecule has 3 aromatic heterocycles. The van der Waals surface area contributed by atoms with Crippen LogP contribution in [0.25, 0.3) is 22.0 Å². The zero-order valence-electron chi connectivity index (χ0n) is 17.9. The SMILES string of the molecule is CCS(=O)(=O)Nc1cnc(Oc2ccc(F)cc2F)c(-c2cn(C)c(=O)c3cc(C#N)[nH]c23)c1. The number of hydrogen-bond donors (Lipinski definition) is 2. The van der Waals surface area contributed by atoms with Crippen LogP contribution in [0.4, 0.5) is 14.5 Å². The first-order valence-electron chi connectivity index (χ1n) is 9.88. The lowest BCUT2D eigenvalue weighted by Gasteiger charge is -2.15. The van der Waals surface area contributed by atoms with Gasteiger partial charge in [-0.1, -0.05) is 0 Å². The maximum atomic E-state index is 14.3. The third-order valence-electron chi connectivity index (χ3n) is 4.98. The van der Waals surface area contributed by atoms with Gasteiger partial charge in [-0.3, -0.25) is 9.52 Å². The van der Waals surface area contributed by atoms with Crippen molar-refractivity contribution >= 4 is 26.6 Å². The number of nitrogens with one attached hydrogen (secondary N) is 2. The molecular weight excluding hydrogens is 468 g/mol. The zero-order valence-corrected chi connectivity index (χ0v) is 18.7. The van der Waals surface area contributed by atoms with Crippen LogP contribution in [0.1, 0.15) is 12.6 Å². The Morgan fingerprint density at radius 2 is 2.00 bits per heavy atom. The molecule has 0 unspecified atom stereocenters. The summed E-state index contributed by atoms with van der Waals surface area (Å²) in [6.45, 7) is 1.46. The predicted molar refractivity (Wildman–Crippen MR) is 121 cm³/mol. The number of nitriles is 1. The van der Waals surface area contributed by atoms with Gasteiger partial charge in [-0.05, 0) is 31.2 Å². The second-order valence-electron chi connectivity index (χ2n) is 7.30. The smallest absolute Gasteiger partial charge is 0.259 e. The van der Waals surface area contributed by atoms with E-state index in [-0.39, 0.29) is 50.8 Å².